The standard InChI is InChI=1S/C34H32N4O13S2/c1-37(14-15-49-34(42)51-38-24(39)10-11-25(38)40)33(41)21-9-3-2-8-20(21)26-22-16-18-6-4-12-35-27(18)31(52(43,44)45)29(22)50-30-23(26)17-19-7-5-13-36-28(19)32(30)53(46,47)48/h2-3,8-9,16-17,35H,4-7,10-15H2,1H3,(H,43,44,45)(H,46,47,48). The fraction of sp³-hybridized carbons (Fsp3) is 0.324. The Morgan fingerprint density at radius 3 is 2.42 bits per heavy atom. The highest BCUT2D eigenvalue weighted by atomic mass is 32.2. The highest BCUT2D eigenvalue weighted by molar-refractivity contribution is 7.86. The van der Waals surface area contributed by atoms with Gasteiger partial charge in [0, 0.05) is 60.3 Å². The molecule has 3 aromatic rings. The number of benzene rings is 3. The molecule has 0 saturated carbocycles. The molecular formula is C34H32N4O13S2. The van der Waals surface area contributed by atoms with Crippen LogP contribution in [-0.2, 0) is 52.2 Å². The number of fused-ring (bicyclic) bond motifs is 4. The predicted octanol–water partition coefficient (Wildman–Crippen LogP) is -0.516. The summed E-state index contributed by atoms with van der Waals surface area (Å²) in [6, 6.07) is 9.56. The second-order valence-electron chi connectivity index (χ2n) is 12.7. The number of nitrogens with zero attached hydrogens (tertiary/aromatic N) is 2. The number of hydrogen-bond acceptors (Lipinski definition) is 13. The monoisotopic (exact) mass is 768 g/mol. The molecule has 0 atom stereocenters. The zero-order valence-corrected chi connectivity index (χ0v) is 29.7. The number of anilines is 1. The van der Waals surface area contributed by atoms with E-state index in [4.69, 9.17) is 14.3 Å². The average molecular weight is 769 g/mol. The van der Waals surface area contributed by atoms with Crippen LogP contribution in [0.4, 0.5) is 10.5 Å². The number of imide groups is 1. The van der Waals surface area contributed by atoms with Crippen LogP contribution in [0.15, 0.2) is 46.2 Å². The van der Waals surface area contributed by atoms with Crippen molar-refractivity contribution < 1.29 is 64.4 Å². The van der Waals surface area contributed by atoms with Crippen molar-refractivity contribution in [1.29, 1.82) is 0 Å². The molecule has 19 heteroatoms. The van der Waals surface area contributed by atoms with Crippen molar-refractivity contribution in [2.24, 2.45) is 0 Å². The van der Waals surface area contributed by atoms with Gasteiger partial charge in [-0.3, -0.25) is 23.8 Å². The topological polar surface area (TPSA) is 240 Å². The Kier molecular flexibility index (Phi) is 9.21. The highest BCUT2D eigenvalue weighted by Crippen LogP contribution is 2.47. The van der Waals surface area contributed by atoms with Crippen LogP contribution < -0.4 is 25.6 Å². The molecule has 3 amide bonds. The lowest BCUT2D eigenvalue weighted by Crippen LogP contribution is -2.80. The lowest BCUT2D eigenvalue weighted by Gasteiger charge is -2.31. The van der Waals surface area contributed by atoms with Crippen LogP contribution in [0.3, 0.4) is 0 Å². The normalized spacial score (nSPS) is 16.3. The minimum absolute atomic E-state index is 0.0263. The maximum absolute atomic E-state index is 14.1. The predicted molar refractivity (Wildman–Crippen MR) is 179 cm³/mol. The molecule has 0 aromatic heterocycles. The number of carbonyl (C=O) groups is 4. The number of nitrogens with one attached hydrogen (secondary N) is 2. The molecule has 17 nitrogen and oxygen atoms in total. The van der Waals surface area contributed by atoms with Gasteiger partial charge in [0.05, 0.1) is 12.2 Å². The van der Waals surface area contributed by atoms with Crippen LogP contribution >= 0.6 is 0 Å². The molecule has 0 spiro atoms. The number of hydroxylamine groups is 2. The second-order valence-corrected chi connectivity index (χ2v) is 15.4. The lowest BCUT2D eigenvalue weighted by atomic mass is 9.86. The number of carbonyl (C=O) groups excluding carboxylic acids is 4. The number of rotatable bonds is 8. The summed E-state index contributed by atoms with van der Waals surface area (Å²) < 4.78 is 86.8. The molecular weight excluding hydrogens is 737 g/mol. The van der Waals surface area contributed by atoms with Gasteiger partial charge in [-0.1, -0.05) is 23.3 Å². The van der Waals surface area contributed by atoms with E-state index in [1.54, 1.807) is 30.3 Å². The lowest BCUT2D eigenvalue weighted by molar-refractivity contribution is -0.507. The van der Waals surface area contributed by atoms with Crippen molar-refractivity contribution in [2.75, 3.05) is 38.6 Å². The van der Waals surface area contributed by atoms with E-state index in [9.17, 15) is 45.1 Å². The summed E-state index contributed by atoms with van der Waals surface area (Å²) >= 11 is 0. The maximum Gasteiger partial charge on any atom is 0.534 e. The molecule has 4 aliphatic heterocycles. The van der Waals surface area contributed by atoms with Crippen molar-refractivity contribution in [1.82, 2.24) is 9.96 Å². The molecule has 278 valence electrons. The van der Waals surface area contributed by atoms with Crippen molar-refractivity contribution in [3.63, 3.8) is 0 Å². The highest BCUT2D eigenvalue weighted by Gasteiger charge is 2.38. The third-order valence-corrected chi connectivity index (χ3v) is 11.1. The summed E-state index contributed by atoms with van der Waals surface area (Å²) in [7, 11) is -8.90. The maximum atomic E-state index is 14.1. The van der Waals surface area contributed by atoms with Crippen LogP contribution in [-0.4, -0.2) is 93.1 Å². The summed E-state index contributed by atoms with van der Waals surface area (Å²) in [6.07, 6.45) is 0.520. The first-order valence-corrected chi connectivity index (χ1v) is 19.4. The van der Waals surface area contributed by atoms with E-state index in [1.165, 1.54) is 18.0 Å². The van der Waals surface area contributed by atoms with E-state index in [0.717, 1.165) is 0 Å². The van der Waals surface area contributed by atoms with Crippen LogP contribution in [0.25, 0.3) is 5.57 Å². The Hall–Kier alpha value is -5.37. The first-order chi connectivity index (χ1) is 25.1. The fourth-order valence-corrected chi connectivity index (χ4v) is 8.65. The molecule has 4 heterocycles. The largest absolute Gasteiger partial charge is 0.744 e. The van der Waals surface area contributed by atoms with E-state index in [2.05, 4.69) is 10.3 Å². The summed E-state index contributed by atoms with van der Waals surface area (Å²) in [5.74, 6) is -2.88. The van der Waals surface area contributed by atoms with Gasteiger partial charge in [-0.05, 0) is 48.6 Å². The molecule has 0 bridgehead atoms. The number of ether oxygens (including phenoxy) is 2. The zero-order chi connectivity index (χ0) is 37.8. The van der Waals surface area contributed by atoms with Gasteiger partial charge < -0.3 is 24.2 Å². The van der Waals surface area contributed by atoms with Gasteiger partial charge in [0.25, 0.3) is 17.7 Å². The van der Waals surface area contributed by atoms with Gasteiger partial charge in [0.15, 0.2) is 11.5 Å². The van der Waals surface area contributed by atoms with Crippen molar-refractivity contribution in [3.8, 4) is 11.5 Å². The molecule has 7 rings (SSSR count). The smallest absolute Gasteiger partial charge is 0.534 e. The van der Waals surface area contributed by atoms with Gasteiger partial charge in [-0.15, -0.1) is 0 Å². The summed E-state index contributed by atoms with van der Waals surface area (Å²) in [6.45, 7) is 0.156. The molecule has 1 fully saturated rings. The van der Waals surface area contributed by atoms with Crippen LogP contribution in [0, 0.1) is 0 Å². The van der Waals surface area contributed by atoms with E-state index < -0.39 is 72.0 Å². The van der Waals surface area contributed by atoms with Crippen molar-refractivity contribution in [2.45, 2.75) is 48.3 Å². The molecule has 3 aromatic carbocycles. The Morgan fingerprint density at radius 1 is 0.981 bits per heavy atom. The quantitative estimate of drug-likeness (QED) is 0.116. The average Bonchev–Trinajstić information content (AvgIpc) is 3.42. The minimum Gasteiger partial charge on any atom is -0.744 e. The third kappa shape index (κ3) is 6.60. The molecule has 0 unspecified atom stereocenters. The van der Waals surface area contributed by atoms with E-state index >= 15 is 0 Å². The van der Waals surface area contributed by atoms with Gasteiger partial charge in [0.2, 0.25) is 10.3 Å². The molecule has 0 aliphatic carbocycles. The summed E-state index contributed by atoms with van der Waals surface area (Å²) in [4.78, 5) is 57.3. The molecule has 53 heavy (non-hydrogen) atoms. The van der Waals surface area contributed by atoms with Gasteiger partial charge in [0.1, 0.15) is 28.2 Å². The zero-order valence-electron chi connectivity index (χ0n) is 28.1. The van der Waals surface area contributed by atoms with Crippen molar-refractivity contribution in [3.05, 3.63) is 74.8 Å². The Morgan fingerprint density at radius 2 is 1.70 bits per heavy atom. The molecule has 0 radical (unpaired) electrons. The third-order valence-electron chi connectivity index (χ3n) is 9.33. The SMILES string of the molecule is CN(CCOC(=O)ON1C(=O)CCC1=O)C(=O)c1ccccc1C1=c2cc3c(c(S(=O)(=O)O)c2Oc2c1cc1c(c2S(=O)(=O)[O-])NCCC1)=[NH+]CCC3. The van der Waals surface area contributed by atoms with Gasteiger partial charge >= 0.3 is 16.3 Å². The molecule has 1 saturated heterocycles. The summed E-state index contributed by atoms with van der Waals surface area (Å²) in [5.41, 5.74) is 1.60. The Bertz CT molecular complexity index is 2470. The van der Waals surface area contributed by atoms with Gasteiger partial charge in [-0.2, -0.15) is 8.42 Å². The Balaban J connectivity index is 1.37. The molecule has 3 N–H and O–H groups in total. The van der Waals surface area contributed by atoms with Crippen LogP contribution in [0.1, 0.15) is 58.3 Å². The van der Waals surface area contributed by atoms with E-state index in [0.29, 0.717) is 55.0 Å². The second kappa shape index (κ2) is 13.6. The Labute approximate surface area is 302 Å². The van der Waals surface area contributed by atoms with Crippen molar-refractivity contribution >= 4 is 55.4 Å². The van der Waals surface area contributed by atoms with Crippen LogP contribution in [0.5, 0.6) is 11.5 Å². The number of hydrogen-bond donors (Lipinski definition) is 3. The first-order valence-electron chi connectivity index (χ1n) is 16.6. The van der Waals surface area contributed by atoms with E-state index in [-0.39, 0.29) is 57.9 Å². The fourth-order valence-electron chi connectivity index (χ4n) is 6.97. The number of likely N-dealkylation sites (N-methyl/N-ethyl adjacent to an activating group) is 1. The molecule has 4 aliphatic rings. The number of amides is 3. The van der Waals surface area contributed by atoms with E-state index in [1.807, 2.05) is 0 Å². The minimum atomic E-state index is -5.28. The number of aryl methyl sites for hydroxylation is 2. The van der Waals surface area contributed by atoms with Crippen LogP contribution in [0.2, 0.25) is 0 Å². The van der Waals surface area contributed by atoms with Gasteiger partial charge in [-0.25, -0.2) is 18.2 Å². The summed E-state index contributed by atoms with van der Waals surface area (Å²) in [5, 5.41) is 3.50. The first kappa shape index (κ1) is 36.0.